The summed E-state index contributed by atoms with van der Waals surface area (Å²) >= 11 is 9.07. The molecule has 0 aliphatic heterocycles. The lowest BCUT2D eigenvalue weighted by Gasteiger charge is -2.15. The minimum atomic E-state index is -3.02. The zero-order valence-electron chi connectivity index (χ0n) is 14.7. The number of halogens is 4. The fourth-order valence-corrected chi connectivity index (χ4v) is 2.71. The van der Waals surface area contributed by atoms with E-state index >= 15 is 0 Å². The minimum Gasteiger partial charge on any atom is -0.497 e. The fraction of sp³-hybridized carbons (Fsp3) is 0.222. The average molecular weight is 479 g/mol. The molecular weight excluding hydrogens is 464 g/mol. The topological polar surface area (TPSA) is 73.9 Å². The van der Waals surface area contributed by atoms with E-state index < -0.39 is 24.6 Å². The van der Waals surface area contributed by atoms with Gasteiger partial charge < -0.3 is 19.5 Å². The number of methoxy groups -OCH3 is 1. The molecule has 1 atom stereocenters. The molecule has 2 aromatic carbocycles. The van der Waals surface area contributed by atoms with Gasteiger partial charge in [-0.3, -0.25) is 4.79 Å². The molecular formula is C18H15BrClF2NO5. The molecule has 0 aromatic heterocycles. The molecule has 150 valence electrons. The van der Waals surface area contributed by atoms with Gasteiger partial charge in [-0.1, -0.05) is 11.6 Å². The van der Waals surface area contributed by atoms with Crippen LogP contribution in [-0.2, 0) is 9.53 Å². The van der Waals surface area contributed by atoms with E-state index in [-0.39, 0.29) is 22.0 Å². The van der Waals surface area contributed by atoms with Crippen molar-refractivity contribution in [3.8, 4) is 11.5 Å². The standard InChI is InChI=1S/C18H15BrClF2NO5/c1-9(27-17(25)12-8-11(26-2)4-5-13(12)19)16(24)23-10-3-6-15(14(20)7-10)28-18(21)22/h3-9,18H,1-2H3,(H,23,24). The van der Waals surface area contributed by atoms with E-state index in [9.17, 15) is 18.4 Å². The summed E-state index contributed by atoms with van der Waals surface area (Å²) in [6.07, 6.45) is -1.14. The highest BCUT2D eigenvalue weighted by Crippen LogP contribution is 2.29. The van der Waals surface area contributed by atoms with E-state index in [2.05, 4.69) is 26.0 Å². The number of carbonyl (C=O) groups is 2. The van der Waals surface area contributed by atoms with Crippen LogP contribution in [0.2, 0.25) is 5.02 Å². The third-order valence-electron chi connectivity index (χ3n) is 3.46. The van der Waals surface area contributed by atoms with Crippen molar-refractivity contribution in [1.82, 2.24) is 0 Å². The van der Waals surface area contributed by atoms with Gasteiger partial charge in [-0.05, 0) is 59.3 Å². The molecule has 0 spiro atoms. The Labute approximate surface area is 172 Å². The molecule has 10 heteroatoms. The molecule has 0 bridgehead atoms. The van der Waals surface area contributed by atoms with Crippen LogP contribution < -0.4 is 14.8 Å². The second-order valence-corrected chi connectivity index (χ2v) is 6.67. The van der Waals surface area contributed by atoms with E-state index in [0.717, 1.165) is 0 Å². The number of esters is 1. The minimum absolute atomic E-state index is 0.108. The van der Waals surface area contributed by atoms with Gasteiger partial charge in [-0.25, -0.2) is 4.79 Å². The molecule has 0 saturated carbocycles. The molecule has 1 amide bonds. The van der Waals surface area contributed by atoms with Gasteiger partial charge in [0.1, 0.15) is 11.5 Å². The normalized spacial score (nSPS) is 11.7. The molecule has 0 radical (unpaired) electrons. The molecule has 1 N–H and O–H groups in total. The third kappa shape index (κ3) is 5.80. The maximum Gasteiger partial charge on any atom is 0.387 e. The van der Waals surface area contributed by atoms with Crippen LogP contribution in [0.1, 0.15) is 17.3 Å². The van der Waals surface area contributed by atoms with Crippen LogP contribution in [-0.4, -0.2) is 31.7 Å². The Morgan fingerprint density at radius 2 is 1.89 bits per heavy atom. The van der Waals surface area contributed by atoms with Crippen LogP contribution >= 0.6 is 27.5 Å². The SMILES string of the molecule is COc1ccc(Br)c(C(=O)OC(C)C(=O)Nc2ccc(OC(F)F)c(Cl)c2)c1. The number of ether oxygens (including phenoxy) is 3. The molecule has 0 saturated heterocycles. The summed E-state index contributed by atoms with van der Waals surface area (Å²) in [5.41, 5.74) is 0.414. The van der Waals surface area contributed by atoms with Gasteiger partial charge in [0.2, 0.25) is 0 Å². The highest BCUT2D eigenvalue weighted by atomic mass is 79.9. The van der Waals surface area contributed by atoms with Crippen LogP contribution in [0.4, 0.5) is 14.5 Å². The Morgan fingerprint density at radius 1 is 1.18 bits per heavy atom. The van der Waals surface area contributed by atoms with Crippen molar-refractivity contribution in [3.63, 3.8) is 0 Å². The van der Waals surface area contributed by atoms with E-state index in [1.807, 2.05) is 0 Å². The number of rotatable bonds is 7. The smallest absolute Gasteiger partial charge is 0.387 e. The number of anilines is 1. The number of carbonyl (C=O) groups excluding carboxylic acids is 2. The maximum atomic E-state index is 12.3. The van der Waals surface area contributed by atoms with Gasteiger partial charge in [-0.2, -0.15) is 8.78 Å². The van der Waals surface area contributed by atoms with Crippen molar-refractivity contribution in [2.75, 3.05) is 12.4 Å². The first kappa shape index (κ1) is 21.9. The average Bonchev–Trinajstić information content (AvgIpc) is 2.63. The highest BCUT2D eigenvalue weighted by Gasteiger charge is 2.21. The largest absolute Gasteiger partial charge is 0.497 e. The number of alkyl halides is 2. The lowest BCUT2D eigenvalue weighted by Crippen LogP contribution is -2.30. The molecule has 0 aliphatic carbocycles. The van der Waals surface area contributed by atoms with Crippen molar-refractivity contribution in [2.45, 2.75) is 19.6 Å². The van der Waals surface area contributed by atoms with Crippen LogP contribution in [0, 0.1) is 0 Å². The van der Waals surface area contributed by atoms with E-state index in [4.69, 9.17) is 21.1 Å². The van der Waals surface area contributed by atoms with Crippen molar-refractivity contribution < 1.29 is 32.6 Å². The van der Waals surface area contributed by atoms with Crippen molar-refractivity contribution in [3.05, 3.63) is 51.5 Å². The second kappa shape index (κ2) is 9.70. The second-order valence-electron chi connectivity index (χ2n) is 5.41. The Bertz CT molecular complexity index is 881. The number of hydrogen-bond acceptors (Lipinski definition) is 5. The molecule has 2 rings (SSSR count). The predicted molar refractivity (Wildman–Crippen MR) is 102 cm³/mol. The Hall–Kier alpha value is -2.39. The highest BCUT2D eigenvalue weighted by molar-refractivity contribution is 9.10. The van der Waals surface area contributed by atoms with Crippen LogP contribution in [0.3, 0.4) is 0 Å². The first-order valence-corrected chi connectivity index (χ1v) is 8.98. The molecule has 1 unspecified atom stereocenters. The summed E-state index contributed by atoms with van der Waals surface area (Å²) in [5, 5.41) is 2.37. The van der Waals surface area contributed by atoms with Crippen molar-refractivity contribution in [2.24, 2.45) is 0 Å². The molecule has 0 aliphatic rings. The van der Waals surface area contributed by atoms with Gasteiger partial charge in [0.15, 0.2) is 6.10 Å². The van der Waals surface area contributed by atoms with Crippen LogP contribution in [0.15, 0.2) is 40.9 Å². The van der Waals surface area contributed by atoms with Gasteiger partial charge in [0.25, 0.3) is 5.91 Å². The zero-order valence-corrected chi connectivity index (χ0v) is 17.0. The number of hydrogen-bond donors (Lipinski definition) is 1. The monoisotopic (exact) mass is 477 g/mol. The first-order valence-electron chi connectivity index (χ1n) is 7.81. The van der Waals surface area contributed by atoms with E-state index in [1.165, 1.54) is 38.3 Å². The Kier molecular flexibility index (Phi) is 7.59. The summed E-state index contributed by atoms with van der Waals surface area (Å²) in [6.45, 7) is -1.63. The fourth-order valence-electron chi connectivity index (χ4n) is 2.08. The molecule has 0 heterocycles. The zero-order chi connectivity index (χ0) is 20.8. The number of amides is 1. The lowest BCUT2D eigenvalue weighted by atomic mass is 10.2. The number of nitrogens with one attached hydrogen (secondary N) is 1. The lowest BCUT2D eigenvalue weighted by molar-refractivity contribution is -0.123. The Morgan fingerprint density at radius 3 is 2.50 bits per heavy atom. The first-order chi connectivity index (χ1) is 13.2. The van der Waals surface area contributed by atoms with Crippen LogP contribution in [0.25, 0.3) is 0 Å². The maximum absolute atomic E-state index is 12.3. The summed E-state index contributed by atoms with van der Waals surface area (Å²) in [4.78, 5) is 24.5. The Balaban J connectivity index is 2.03. The molecule has 6 nitrogen and oxygen atoms in total. The third-order valence-corrected chi connectivity index (χ3v) is 4.45. The summed E-state index contributed by atoms with van der Waals surface area (Å²) < 4.78 is 39.4. The van der Waals surface area contributed by atoms with Gasteiger partial charge in [0.05, 0.1) is 17.7 Å². The van der Waals surface area contributed by atoms with E-state index in [1.54, 1.807) is 12.1 Å². The van der Waals surface area contributed by atoms with Crippen LogP contribution in [0.5, 0.6) is 11.5 Å². The van der Waals surface area contributed by atoms with E-state index in [0.29, 0.717) is 10.2 Å². The van der Waals surface area contributed by atoms with Gasteiger partial charge in [-0.15, -0.1) is 0 Å². The van der Waals surface area contributed by atoms with Crippen molar-refractivity contribution >= 4 is 45.1 Å². The quantitative estimate of drug-likeness (QED) is 0.573. The summed E-state index contributed by atoms with van der Waals surface area (Å²) in [6, 6.07) is 8.50. The summed E-state index contributed by atoms with van der Waals surface area (Å²) in [7, 11) is 1.46. The predicted octanol–water partition coefficient (Wildman–Crippen LogP) is 4.90. The molecule has 2 aromatic rings. The van der Waals surface area contributed by atoms with Gasteiger partial charge >= 0.3 is 12.6 Å². The molecule has 28 heavy (non-hydrogen) atoms. The van der Waals surface area contributed by atoms with Gasteiger partial charge in [0, 0.05) is 10.2 Å². The van der Waals surface area contributed by atoms with Crippen molar-refractivity contribution in [1.29, 1.82) is 0 Å². The number of benzene rings is 2. The molecule has 0 fully saturated rings. The summed E-state index contributed by atoms with van der Waals surface area (Å²) in [5.74, 6) is -1.14.